The van der Waals surface area contributed by atoms with Gasteiger partial charge in [-0.15, -0.1) is 0 Å². The molecule has 448 valence electrons. The van der Waals surface area contributed by atoms with Gasteiger partial charge in [0.25, 0.3) is 0 Å². The van der Waals surface area contributed by atoms with E-state index in [1.165, 1.54) is 122 Å². The molecule has 0 saturated heterocycles. The highest BCUT2D eigenvalue weighted by Crippen LogP contribution is 2.43. The van der Waals surface area contributed by atoms with Gasteiger partial charge in [0.15, 0.2) is 6.10 Å². The highest BCUT2D eigenvalue weighted by molar-refractivity contribution is 7.47. The summed E-state index contributed by atoms with van der Waals surface area (Å²) in [6.45, 7) is 4.40. The molecule has 3 unspecified atom stereocenters. The van der Waals surface area contributed by atoms with Gasteiger partial charge < -0.3 is 24.2 Å². The third-order valence-electron chi connectivity index (χ3n) is 13.0. The number of esters is 3. The summed E-state index contributed by atoms with van der Waals surface area (Å²) >= 11 is 0. The molecular weight excluding hydrogens is 1000 g/mol. The van der Waals surface area contributed by atoms with Gasteiger partial charge in [0, 0.05) is 12.8 Å². The van der Waals surface area contributed by atoms with Crippen LogP contribution in [0.4, 0.5) is 0 Å². The zero-order chi connectivity index (χ0) is 56.9. The molecule has 0 radical (unpaired) electrons. The van der Waals surface area contributed by atoms with Crippen LogP contribution in [-0.4, -0.2) is 66.5 Å². The molecule has 0 fully saturated rings. The van der Waals surface area contributed by atoms with Gasteiger partial charge in [-0.25, -0.2) is 4.57 Å². The zero-order valence-electron chi connectivity index (χ0n) is 49.6. The summed E-state index contributed by atoms with van der Waals surface area (Å²) in [5, 5.41) is 9.84. The van der Waals surface area contributed by atoms with Crippen LogP contribution in [0.2, 0.25) is 0 Å². The average Bonchev–Trinajstić information content (AvgIpc) is 3.43. The molecule has 0 heterocycles. The maximum absolute atomic E-state index is 12.9. The van der Waals surface area contributed by atoms with E-state index in [2.05, 4.69) is 99.8 Å². The first-order valence-electron chi connectivity index (χ1n) is 31.1. The van der Waals surface area contributed by atoms with Crippen molar-refractivity contribution < 1.29 is 52.2 Å². The quantitative estimate of drug-likeness (QED) is 0.0197. The van der Waals surface area contributed by atoms with Crippen LogP contribution >= 0.6 is 7.82 Å². The highest BCUT2D eigenvalue weighted by Gasteiger charge is 2.28. The lowest BCUT2D eigenvalue weighted by Gasteiger charge is -2.21. The maximum atomic E-state index is 12.9. The lowest BCUT2D eigenvalue weighted by Crippen LogP contribution is -2.30. The number of carbonyl (C=O) groups is 3. The number of carbonyl (C=O) groups excluding carboxylic acids is 3. The van der Waals surface area contributed by atoms with Crippen LogP contribution in [0.5, 0.6) is 0 Å². The SMILES string of the molecule is CC/C=C\C/C=C\C/C=C\C/C=C\C/C=C\CC(=O)OCC(COP(=O)(O)OCC(CO)OC(=O)CCCCCCCCC/C=C\C/C=C\CCCCC)OC(=O)CCCCCCCCCCC/C=C\CCCCCCCC. The number of ether oxygens (including phenoxy) is 3. The Balaban J connectivity index is 4.78. The topological polar surface area (TPSA) is 155 Å². The minimum absolute atomic E-state index is 0.00907. The molecule has 0 rings (SSSR count). The largest absolute Gasteiger partial charge is 0.472 e. The van der Waals surface area contributed by atoms with E-state index in [1.54, 1.807) is 6.08 Å². The number of aliphatic hydroxyl groups excluding tert-OH is 1. The second-order valence-corrected chi connectivity index (χ2v) is 22.0. The first-order chi connectivity index (χ1) is 38.2. The molecule has 78 heavy (non-hydrogen) atoms. The Hall–Kier alpha value is -3.60. The second-order valence-electron chi connectivity index (χ2n) is 20.5. The lowest BCUT2D eigenvalue weighted by molar-refractivity contribution is -0.161. The third kappa shape index (κ3) is 57.1. The number of unbranched alkanes of at least 4 members (excludes halogenated alkanes) is 25. The molecule has 0 saturated carbocycles. The van der Waals surface area contributed by atoms with Gasteiger partial charge >= 0.3 is 25.7 Å². The molecule has 0 amide bonds. The van der Waals surface area contributed by atoms with Crippen LogP contribution < -0.4 is 0 Å². The summed E-state index contributed by atoms with van der Waals surface area (Å²) in [6, 6.07) is 0. The predicted molar refractivity (Wildman–Crippen MR) is 325 cm³/mol. The first kappa shape index (κ1) is 74.4. The second kappa shape index (κ2) is 59.5. The van der Waals surface area contributed by atoms with E-state index >= 15 is 0 Å². The smallest absolute Gasteiger partial charge is 0.461 e. The lowest BCUT2D eigenvalue weighted by atomic mass is 10.1. The summed E-state index contributed by atoms with van der Waals surface area (Å²) in [4.78, 5) is 48.6. The highest BCUT2D eigenvalue weighted by atomic mass is 31.2. The van der Waals surface area contributed by atoms with E-state index in [9.17, 15) is 28.9 Å². The van der Waals surface area contributed by atoms with Gasteiger partial charge in [-0.1, -0.05) is 240 Å². The molecule has 0 aliphatic carbocycles. The number of rotatable bonds is 57. The van der Waals surface area contributed by atoms with Crippen molar-refractivity contribution in [1.29, 1.82) is 0 Å². The van der Waals surface area contributed by atoms with Crippen LogP contribution in [0, 0.1) is 0 Å². The summed E-state index contributed by atoms with van der Waals surface area (Å²) in [7, 11) is -4.78. The van der Waals surface area contributed by atoms with E-state index in [0.29, 0.717) is 19.3 Å². The summed E-state index contributed by atoms with van der Waals surface area (Å²) in [5.41, 5.74) is 0. The molecule has 0 bridgehead atoms. The van der Waals surface area contributed by atoms with E-state index < -0.39 is 64.4 Å². The normalized spacial score (nSPS) is 14.0. The van der Waals surface area contributed by atoms with E-state index in [-0.39, 0.29) is 19.3 Å². The average molecular weight is 1110 g/mol. The summed E-state index contributed by atoms with van der Waals surface area (Å²) in [6.07, 6.45) is 71.0. The van der Waals surface area contributed by atoms with Gasteiger partial charge in [-0.05, 0) is 103 Å². The predicted octanol–water partition coefficient (Wildman–Crippen LogP) is 18.8. The molecule has 12 heteroatoms. The molecule has 0 aromatic carbocycles. The molecule has 3 atom stereocenters. The van der Waals surface area contributed by atoms with Crippen LogP contribution in [0.3, 0.4) is 0 Å². The van der Waals surface area contributed by atoms with Crippen LogP contribution in [0.25, 0.3) is 0 Å². The Morgan fingerprint density at radius 3 is 1.13 bits per heavy atom. The number of hydrogen-bond acceptors (Lipinski definition) is 10. The number of hydrogen-bond donors (Lipinski definition) is 2. The number of aliphatic hydroxyl groups is 1. The Labute approximate surface area is 476 Å². The van der Waals surface area contributed by atoms with E-state index in [1.807, 2.05) is 12.2 Å². The fourth-order valence-corrected chi connectivity index (χ4v) is 9.06. The molecule has 11 nitrogen and oxygen atoms in total. The van der Waals surface area contributed by atoms with Crippen molar-refractivity contribution in [2.24, 2.45) is 0 Å². The number of allylic oxidation sites excluding steroid dienone is 15. The minimum atomic E-state index is -4.78. The standard InChI is InChI=1S/C66H113O11P/c1-4-7-10-13-16-19-22-25-28-30-31-33-36-39-42-45-48-51-54-57-66(70)77-63(59-73-64(68)55-52-49-46-43-40-37-34-27-24-21-18-15-12-9-6-3)61-75-78(71,72)74-60-62(58-67)76-65(69)56-53-50-47-44-41-38-35-32-29-26-23-20-17-14-11-8-5-2/h9,12,17-18,20-21,25-29,34,40,43,49,52,62-63,67H,4-8,10-11,13-16,19,22-24,30-33,35-39,41-42,44-48,50-51,53-61H2,1-3H3,(H,71,72)/b12-9-,20-17-,21-18-,28-25-,29-26-,34-27-,43-40-,52-49-. The monoisotopic (exact) mass is 1110 g/mol. The van der Waals surface area contributed by atoms with Crippen molar-refractivity contribution >= 4 is 25.7 Å². The van der Waals surface area contributed by atoms with Crippen LogP contribution in [0.15, 0.2) is 97.2 Å². The molecule has 0 aliphatic rings. The molecule has 0 aromatic rings. The Kier molecular flexibility index (Phi) is 56.8. The van der Waals surface area contributed by atoms with Gasteiger partial charge in [0.1, 0.15) is 12.7 Å². The van der Waals surface area contributed by atoms with Crippen LogP contribution in [0.1, 0.15) is 265 Å². The van der Waals surface area contributed by atoms with Crippen molar-refractivity contribution in [3.05, 3.63) is 97.2 Å². The van der Waals surface area contributed by atoms with Gasteiger partial charge in [0.05, 0.1) is 26.2 Å². The van der Waals surface area contributed by atoms with Crippen molar-refractivity contribution in [2.75, 3.05) is 26.4 Å². The first-order valence-corrected chi connectivity index (χ1v) is 32.6. The van der Waals surface area contributed by atoms with Gasteiger partial charge in [0.2, 0.25) is 0 Å². The Bertz CT molecular complexity index is 1680. The Morgan fingerprint density at radius 1 is 0.385 bits per heavy atom. The van der Waals surface area contributed by atoms with E-state index in [0.717, 1.165) is 83.5 Å². The maximum Gasteiger partial charge on any atom is 0.472 e. The summed E-state index contributed by atoms with van der Waals surface area (Å²) < 4.78 is 39.5. The number of phosphoric acid groups is 1. The summed E-state index contributed by atoms with van der Waals surface area (Å²) in [5.74, 6) is -1.62. The zero-order valence-corrected chi connectivity index (χ0v) is 50.5. The van der Waals surface area contributed by atoms with Gasteiger partial charge in [-0.3, -0.25) is 23.4 Å². The number of phosphoric ester groups is 1. The molecule has 0 aliphatic heterocycles. The Morgan fingerprint density at radius 2 is 0.705 bits per heavy atom. The molecule has 0 aromatic heterocycles. The molecule has 2 N–H and O–H groups in total. The van der Waals surface area contributed by atoms with Crippen molar-refractivity contribution in [1.82, 2.24) is 0 Å². The van der Waals surface area contributed by atoms with Crippen LogP contribution in [-0.2, 0) is 42.2 Å². The third-order valence-corrected chi connectivity index (χ3v) is 13.9. The minimum Gasteiger partial charge on any atom is -0.461 e. The van der Waals surface area contributed by atoms with Crippen molar-refractivity contribution in [2.45, 2.75) is 277 Å². The fourth-order valence-electron chi connectivity index (χ4n) is 8.28. The fraction of sp³-hybridized carbons (Fsp3) is 0.712. The molecule has 0 spiro atoms. The molecular formula is C66H113O11P. The van der Waals surface area contributed by atoms with E-state index in [4.69, 9.17) is 23.3 Å². The van der Waals surface area contributed by atoms with Crippen molar-refractivity contribution in [3.63, 3.8) is 0 Å². The van der Waals surface area contributed by atoms with Crippen molar-refractivity contribution in [3.8, 4) is 0 Å². The van der Waals surface area contributed by atoms with Gasteiger partial charge in [-0.2, -0.15) is 0 Å².